The van der Waals surface area contributed by atoms with E-state index < -0.39 is 22.0 Å². The maximum atomic E-state index is 13.3. The van der Waals surface area contributed by atoms with Gasteiger partial charge in [0.2, 0.25) is 10.0 Å². The van der Waals surface area contributed by atoms with Gasteiger partial charge in [0.1, 0.15) is 17.5 Å². The van der Waals surface area contributed by atoms with Crippen LogP contribution in [-0.4, -0.2) is 63.7 Å². The number of carbonyl (C=O) groups excluding carboxylic acids is 1. The van der Waals surface area contributed by atoms with Crippen LogP contribution in [0.15, 0.2) is 52.4 Å². The van der Waals surface area contributed by atoms with E-state index in [2.05, 4.69) is 4.99 Å². The van der Waals surface area contributed by atoms with Crippen molar-refractivity contribution in [2.45, 2.75) is 30.3 Å². The second-order valence-corrected chi connectivity index (χ2v) is 10.7. The first-order valence-corrected chi connectivity index (χ1v) is 13.1. The minimum Gasteiger partial charge on any atom is -0.497 e. The Balaban J connectivity index is 1.69. The van der Waals surface area contributed by atoms with E-state index in [9.17, 15) is 13.2 Å². The van der Waals surface area contributed by atoms with Gasteiger partial charge < -0.3 is 18.8 Å². The van der Waals surface area contributed by atoms with Crippen LogP contribution in [0.2, 0.25) is 0 Å². The molecule has 1 fully saturated rings. The van der Waals surface area contributed by atoms with Crippen LogP contribution in [0.5, 0.6) is 11.5 Å². The molecule has 34 heavy (non-hydrogen) atoms. The Morgan fingerprint density at radius 1 is 1.09 bits per heavy atom. The zero-order valence-corrected chi connectivity index (χ0v) is 20.9. The first-order valence-electron chi connectivity index (χ1n) is 10.8. The van der Waals surface area contributed by atoms with E-state index in [1.807, 2.05) is 22.8 Å². The fraction of sp³-hybridized carbons (Fsp3) is 0.391. The van der Waals surface area contributed by atoms with E-state index in [4.69, 9.17) is 14.2 Å². The van der Waals surface area contributed by atoms with Gasteiger partial charge in [-0.25, -0.2) is 8.42 Å². The minimum absolute atomic E-state index is 0.122. The van der Waals surface area contributed by atoms with Gasteiger partial charge in [0.15, 0.2) is 4.80 Å². The van der Waals surface area contributed by atoms with E-state index in [-0.39, 0.29) is 11.4 Å². The number of nitrogens with zero attached hydrogens (tertiary/aromatic N) is 3. The first kappa shape index (κ1) is 24.4. The Hall–Kier alpha value is -2.73. The summed E-state index contributed by atoms with van der Waals surface area (Å²) in [6, 6.07) is 11.0. The highest BCUT2D eigenvalue weighted by atomic mass is 32.2. The third-order valence-electron chi connectivity index (χ3n) is 5.77. The normalized spacial score (nSPS) is 17.4. The maximum absolute atomic E-state index is 13.3. The zero-order valence-electron chi connectivity index (χ0n) is 19.3. The van der Waals surface area contributed by atoms with E-state index >= 15 is 0 Å². The molecule has 1 aromatic heterocycles. The van der Waals surface area contributed by atoms with Crippen molar-refractivity contribution in [2.24, 2.45) is 4.99 Å². The summed E-state index contributed by atoms with van der Waals surface area (Å²) in [6.45, 7) is 1.22. The molecule has 1 aliphatic rings. The van der Waals surface area contributed by atoms with Gasteiger partial charge in [-0.3, -0.25) is 4.79 Å². The van der Waals surface area contributed by atoms with Crippen LogP contribution >= 0.6 is 11.3 Å². The predicted octanol–water partition coefficient (Wildman–Crippen LogP) is 2.65. The fourth-order valence-electron chi connectivity index (χ4n) is 3.99. The highest BCUT2D eigenvalue weighted by Crippen LogP contribution is 2.28. The number of thiazole rings is 1. The van der Waals surface area contributed by atoms with Crippen LogP contribution in [0, 0.1) is 0 Å². The lowest BCUT2D eigenvalue weighted by molar-refractivity contribution is -0.121. The molecule has 0 spiro atoms. The summed E-state index contributed by atoms with van der Waals surface area (Å²) < 4.78 is 46.3. The van der Waals surface area contributed by atoms with Crippen LogP contribution in [-0.2, 0) is 26.1 Å². The average Bonchev–Trinajstić information content (AvgIpc) is 3.47. The van der Waals surface area contributed by atoms with E-state index in [1.165, 1.54) is 34.9 Å². The van der Waals surface area contributed by atoms with Crippen molar-refractivity contribution < 1.29 is 27.4 Å². The maximum Gasteiger partial charge on any atom is 0.266 e. The molecule has 9 nitrogen and oxygen atoms in total. The van der Waals surface area contributed by atoms with Gasteiger partial charge in [0.05, 0.1) is 35.9 Å². The molecule has 0 radical (unpaired) electrons. The van der Waals surface area contributed by atoms with Crippen molar-refractivity contribution >= 4 is 37.5 Å². The summed E-state index contributed by atoms with van der Waals surface area (Å²) in [7, 11) is 0.875. The molecule has 0 saturated carbocycles. The molecule has 2 aromatic carbocycles. The predicted molar refractivity (Wildman–Crippen MR) is 129 cm³/mol. The first-order chi connectivity index (χ1) is 16.4. The van der Waals surface area contributed by atoms with Crippen LogP contribution in [0.4, 0.5) is 0 Å². The van der Waals surface area contributed by atoms with Crippen molar-refractivity contribution in [3.05, 3.63) is 47.3 Å². The number of sulfonamides is 1. The molecule has 1 amide bonds. The highest BCUT2D eigenvalue weighted by molar-refractivity contribution is 7.89. The summed E-state index contributed by atoms with van der Waals surface area (Å²) in [5.41, 5.74) is 0.906. The summed E-state index contributed by atoms with van der Waals surface area (Å²) in [6.07, 6.45) is 1.02. The summed E-state index contributed by atoms with van der Waals surface area (Å²) in [5.74, 6) is 0.794. The lowest BCUT2D eigenvalue weighted by Gasteiger charge is -2.21. The van der Waals surface area contributed by atoms with Gasteiger partial charge in [-0.15, -0.1) is 0 Å². The van der Waals surface area contributed by atoms with Crippen LogP contribution in [0.3, 0.4) is 0 Å². The topological polar surface area (TPSA) is 99.4 Å². The van der Waals surface area contributed by atoms with Gasteiger partial charge in [0.25, 0.3) is 5.91 Å². The monoisotopic (exact) mass is 505 g/mol. The Kier molecular flexibility index (Phi) is 7.36. The molecule has 11 heteroatoms. The minimum atomic E-state index is -3.85. The molecular formula is C23H27N3O6S2. The molecular weight excluding hydrogens is 478 g/mol. The summed E-state index contributed by atoms with van der Waals surface area (Å²) >= 11 is 1.36. The number of aromatic nitrogens is 1. The van der Waals surface area contributed by atoms with Crippen LogP contribution in [0.25, 0.3) is 10.2 Å². The molecule has 0 N–H and O–H groups in total. The number of benzene rings is 2. The molecule has 1 unspecified atom stereocenters. The molecule has 4 rings (SSSR count). The second-order valence-electron chi connectivity index (χ2n) is 7.76. The number of hydrogen-bond acceptors (Lipinski definition) is 7. The molecule has 0 bridgehead atoms. The largest absolute Gasteiger partial charge is 0.497 e. The quantitative estimate of drug-likeness (QED) is 0.467. The van der Waals surface area contributed by atoms with Gasteiger partial charge in [-0.2, -0.15) is 9.30 Å². The number of carbonyl (C=O) groups is 1. The number of methoxy groups -OCH3 is 3. The average molecular weight is 506 g/mol. The van der Waals surface area contributed by atoms with Crippen LogP contribution < -0.4 is 14.3 Å². The molecule has 0 aliphatic carbocycles. The second kappa shape index (κ2) is 10.3. The van der Waals surface area contributed by atoms with Gasteiger partial charge in [0, 0.05) is 20.2 Å². The molecule has 2 heterocycles. The van der Waals surface area contributed by atoms with Crippen molar-refractivity contribution in [2.75, 3.05) is 34.5 Å². The lowest BCUT2D eigenvalue weighted by Crippen LogP contribution is -2.40. The Bertz CT molecular complexity index is 1350. The van der Waals surface area contributed by atoms with Gasteiger partial charge >= 0.3 is 0 Å². The van der Waals surface area contributed by atoms with Crippen molar-refractivity contribution in [3.8, 4) is 11.5 Å². The third kappa shape index (κ3) is 4.74. The molecule has 3 aromatic rings. The van der Waals surface area contributed by atoms with Crippen molar-refractivity contribution in [1.29, 1.82) is 0 Å². The number of fused-ring (bicyclic) bond motifs is 1. The number of amides is 1. The summed E-state index contributed by atoms with van der Waals surface area (Å²) in [5, 5.41) is 0. The van der Waals surface area contributed by atoms with E-state index in [1.54, 1.807) is 26.4 Å². The number of ether oxygens (including phenoxy) is 3. The number of hydrogen-bond donors (Lipinski definition) is 0. The highest BCUT2D eigenvalue weighted by Gasteiger charge is 2.39. The Morgan fingerprint density at radius 2 is 1.79 bits per heavy atom. The molecule has 1 saturated heterocycles. The Morgan fingerprint density at radius 3 is 2.47 bits per heavy atom. The Labute approximate surface area is 202 Å². The molecule has 1 atom stereocenters. The third-order valence-corrected chi connectivity index (χ3v) is 8.73. The van der Waals surface area contributed by atoms with Gasteiger partial charge in [-0.1, -0.05) is 11.3 Å². The number of rotatable bonds is 8. The van der Waals surface area contributed by atoms with E-state index in [0.29, 0.717) is 42.3 Å². The lowest BCUT2D eigenvalue weighted by atomic mass is 10.2. The molecule has 182 valence electrons. The zero-order chi connectivity index (χ0) is 24.3. The molecule has 1 aliphatic heterocycles. The van der Waals surface area contributed by atoms with Crippen LogP contribution in [0.1, 0.15) is 12.8 Å². The van der Waals surface area contributed by atoms with Gasteiger partial charge in [-0.05, 0) is 55.3 Å². The van der Waals surface area contributed by atoms with Crippen molar-refractivity contribution in [1.82, 2.24) is 8.87 Å². The smallest absolute Gasteiger partial charge is 0.266 e. The SMILES string of the molecule is COCCn1c(=NC(=O)C2CCCN2S(=O)(=O)c2ccc(OC)cc2)sc2cc(OC)ccc21. The standard InChI is InChI=1S/C23H27N3O6S2/c1-30-14-13-25-19-11-8-17(32-3)15-21(19)33-23(25)24-22(27)20-5-4-12-26(20)34(28,29)18-9-6-16(31-2)7-10-18/h6-11,15,20H,4-5,12-14H2,1-3H3. The summed E-state index contributed by atoms with van der Waals surface area (Å²) in [4.78, 5) is 18.3. The van der Waals surface area contributed by atoms with E-state index in [0.717, 1.165) is 10.2 Å². The fourth-order valence-corrected chi connectivity index (χ4v) is 6.73. The van der Waals surface area contributed by atoms with Crippen molar-refractivity contribution in [3.63, 3.8) is 0 Å².